The maximum absolute atomic E-state index is 5.93. The Kier molecular flexibility index (Phi) is 4.07. The molecule has 0 amide bonds. The van der Waals surface area contributed by atoms with Crippen molar-refractivity contribution in [3.05, 3.63) is 71.0 Å². The first-order valence-corrected chi connectivity index (χ1v) is 7.53. The van der Waals surface area contributed by atoms with E-state index in [2.05, 4.69) is 55.6 Å². The van der Waals surface area contributed by atoms with Crippen molar-refractivity contribution in [2.75, 3.05) is 0 Å². The van der Waals surface area contributed by atoms with E-state index in [1.165, 1.54) is 22.1 Å². The predicted octanol–water partition coefficient (Wildman–Crippen LogP) is 4.59. The van der Waals surface area contributed by atoms with Crippen molar-refractivity contribution in [3.63, 3.8) is 0 Å². The van der Waals surface area contributed by atoms with E-state index in [0.29, 0.717) is 0 Å². The molecule has 21 heavy (non-hydrogen) atoms. The molecule has 0 spiro atoms. The van der Waals surface area contributed by atoms with Gasteiger partial charge in [0.15, 0.2) is 0 Å². The molecule has 1 aromatic heterocycles. The van der Waals surface area contributed by atoms with E-state index in [-0.39, 0.29) is 0 Å². The van der Waals surface area contributed by atoms with Crippen molar-refractivity contribution >= 4 is 11.0 Å². The first-order chi connectivity index (χ1) is 10.3. The van der Waals surface area contributed by atoms with Crippen molar-refractivity contribution in [3.8, 4) is 0 Å². The summed E-state index contributed by atoms with van der Waals surface area (Å²) in [6, 6.07) is 16.9. The molecule has 2 aromatic carbocycles. The smallest absolute Gasteiger partial charge is 0.134 e. The number of benzene rings is 2. The summed E-state index contributed by atoms with van der Waals surface area (Å²) in [7, 11) is 0. The zero-order chi connectivity index (χ0) is 14.7. The van der Waals surface area contributed by atoms with Crippen LogP contribution in [-0.4, -0.2) is 0 Å². The third kappa shape index (κ3) is 3.01. The topological polar surface area (TPSA) is 25.2 Å². The molecule has 3 rings (SSSR count). The van der Waals surface area contributed by atoms with Crippen molar-refractivity contribution in [2.45, 2.75) is 33.4 Å². The minimum Gasteiger partial charge on any atom is -0.461 e. The molecule has 0 fully saturated rings. The van der Waals surface area contributed by atoms with Crippen LogP contribution >= 0.6 is 0 Å². The van der Waals surface area contributed by atoms with Gasteiger partial charge in [-0.15, -0.1) is 0 Å². The van der Waals surface area contributed by atoms with E-state index in [0.717, 1.165) is 30.9 Å². The molecule has 0 aliphatic carbocycles. The van der Waals surface area contributed by atoms with E-state index < -0.39 is 0 Å². The molecule has 3 aromatic rings. The molecule has 0 radical (unpaired) electrons. The van der Waals surface area contributed by atoms with Crippen LogP contribution < -0.4 is 5.32 Å². The van der Waals surface area contributed by atoms with Gasteiger partial charge in [-0.3, -0.25) is 0 Å². The normalized spacial score (nSPS) is 11.1. The molecule has 1 heterocycles. The monoisotopic (exact) mass is 279 g/mol. The van der Waals surface area contributed by atoms with Crippen LogP contribution in [0.5, 0.6) is 0 Å². The SMILES string of the molecule is CCc1oc2ccccc2c1CNCc1cccc(C)c1. The van der Waals surface area contributed by atoms with E-state index in [4.69, 9.17) is 4.42 Å². The number of nitrogens with one attached hydrogen (secondary N) is 1. The van der Waals surface area contributed by atoms with Gasteiger partial charge in [-0.25, -0.2) is 0 Å². The number of furan rings is 1. The lowest BCUT2D eigenvalue weighted by Gasteiger charge is -2.06. The minimum absolute atomic E-state index is 0.841. The summed E-state index contributed by atoms with van der Waals surface area (Å²) < 4.78 is 5.93. The van der Waals surface area contributed by atoms with Gasteiger partial charge in [0.2, 0.25) is 0 Å². The highest BCUT2D eigenvalue weighted by Crippen LogP contribution is 2.26. The number of rotatable bonds is 5. The van der Waals surface area contributed by atoms with Crippen molar-refractivity contribution in [1.82, 2.24) is 5.32 Å². The van der Waals surface area contributed by atoms with Crippen LogP contribution in [0.3, 0.4) is 0 Å². The number of para-hydroxylation sites is 1. The quantitative estimate of drug-likeness (QED) is 0.738. The van der Waals surface area contributed by atoms with Gasteiger partial charge in [0.1, 0.15) is 11.3 Å². The molecular weight excluding hydrogens is 258 g/mol. The van der Waals surface area contributed by atoms with Crippen LogP contribution in [0.25, 0.3) is 11.0 Å². The van der Waals surface area contributed by atoms with Gasteiger partial charge in [0.05, 0.1) is 0 Å². The molecule has 0 saturated heterocycles. The Morgan fingerprint density at radius 2 is 1.86 bits per heavy atom. The lowest BCUT2D eigenvalue weighted by molar-refractivity contribution is 0.544. The Morgan fingerprint density at radius 1 is 1.00 bits per heavy atom. The van der Waals surface area contributed by atoms with Crippen molar-refractivity contribution < 1.29 is 4.42 Å². The molecular formula is C19H21NO. The van der Waals surface area contributed by atoms with Crippen LogP contribution in [0.15, 0.2) is 52.9 Å². The van der Waals surface area contributed by atoms with Crippen LogP contribution in [0.1, 0.15) is 29.4 Å². The second-order valence-corrected chi connectivity index (χ2v) is 5.45. The fourth-order valence-electron chi connectivity index (χ4n) is 2.78. The van der Waals surface area contributed by atoms with Gasteiger partial charge in [-0.05, 0) is 18.6 Å². The molecule has 0 saturated carbocycles. The molecule has 0 unspecified atom stereocenters. The Morgan fingerprint density at radius 3 is 2.67 bits per heavy atom. The first-order valence-electron chi connectivity index (χ1n) is 7.53. The molecule has 0 aliphatic heterocycles. The summed E-state index contributed by atoms with van der Waals surface area (Å²) in [5, 5.41) is 4.77. The summed E-state index contributed by atoms with van der Waals surface area (Å²) in [4.78, 5) is 0. The zero-order valence-corrected chi connectivity index (χ0v) is 12.6. The largest absolute Gasteiger partial charge is 0.461 e. The third-order valence-corrected chi connectivity index (χ3v) is 3.82. The summed E-state index contributed by atoms with van der Waals surface area (Å²) >= 11 is 0. The van der Waals surface area contributed by atoms with Crippen LogP contribution in [0, 0.1) is 6.92 Å². The fourth-order valence-corrected chi connectivity index (χ4v) is 2.78. The maximum Gasteiger partial charge on any atom is 0.134 e. The summed E-state index contributed by atoms with van der Waals surface area (Å²) in [5.74, 6) is 1.09. The average molecular weight is 279 g/mol. The molecule has 0 atom stereocenters. The Bertz CT molecular complexity index is 742. The number of hydrogen-bond donors (Lipinski definition) is 1. The Hall–Kier alpha value is -2.06. The maximum atomic E-state index is 5.93. The van der Waals surface area contributed by atoms with Gasteiger partial charge in [0.25, 0.3) is 0 Å². The van der Waals surface area contributed by atoms with Crippen LogP contribution in [-0.2, 0) is 19.5 Å². The number of aryl methyl sites for hydroxylation is 2. The average Bonchev–Trinajstić information content (AvgIpc) is 2.86. The minimum atomic E-state index is 0.841. The highest BCUT2D eigenvalue weighted by atomic mass is 16.3. The zero-order valence-electron chi connectivity index (χ0n) is 12.6. The number of fused-ring (bicyclic) bond motifs is 1. The van der Waals surface area contributed by atoms with Crippen molar-refractivity contribution in [2.24, 2.45) is 0 Å². The second kappa shape index (κ2) is 6.15. The van der Waals surface area contributed by atoms with Crippen molar-refractivity contribution in [1.29, 1.82) is 0 Å². The fraction of sp³-hybridized carbons (Fsp3) is 0.263. The molecule has 0 aliphatic rings. The van der Waals surface area contributed by atoms with E-state index in [9.17, 15) is 0 Å². The van der Waals surface area contributed by atoms with Gasteiger partial charge >= 0.3 is 0 Å². The van der Waals surface area contributed by atoms with Gasteiger partial charge in [-0.1, -0.05) is 55.0 Å². The standard InChI is InChI=1S/C19H21NO/c1-3-18-17(16-9-4-5-10-19(16)21-18)13-20-12-15-8-6-7-14(2)11-15/h4-11,20H,3,12-13H2,1-2H3. The molecule has 1 N–H and O–H groups in total. The van der Waals surface area contributed by atoms with E-state index >= 15 is 0 Å². The first kappa shape index (κ1) is 13.9. The molecule has 0 bridgehead atoms. The van der Waals surface area contributed by atoms with E-state index in [1.807, 2.05) is 12.1 Å². The summed E-state index contributed by atoms with van der Waals surface area (Å²) in [6.45, 7) is 5.99. The van der Waals surface area contributed by atoms with Gasteiger partial charge < -0.3 is 9.73 Å². The highest BCUT2D eigenvalue weighted by molar-refractivity contribution is 5.82. The molecule has 108 valence electrons. The summed E-state index contributed by atoms with van der Waals surface area (Å²) in [5.41, 5.74) is 4.90. The molecule has 2 heteroatoms. The second-order valence-electron chi connectivity index (χ2n) is 5.45. The van der Waals surface area contributed by atoms with Gasteiger partial charge in [-0.2, -0.15) is 0 Å². The predicted molar refractivity (Wildman–Crippen MR) is 87.3 cm³/mol. The Labute approximate surface area is 125 Å². The van der Waals surface area contributed by atoms with Crippen LogP contribution in [0.2, 0.25) is 0 Å². The third-order valence-electron chi connectivity index (χ3n) is 3.82. The highest BCUT2D eigenvalue weighted by Gasteiger charge is 2.11. The Balaban J connectivity index is 1.75. The lowest BCUT2D eigenvalue weighted by Crippen LogP contribution is -2.13. The van der Waals surface area contributed by atoms with E-state index in [1.54, 1.807) is 0 Å². The number of hydrogen-bond acceptors (Lipinski definition) is 2. The molecule has 2 nitrogen and oxygen atoms in total. The van der Waals surface area contributed by atoms with Crippen LogP contribution in [0.4, 0.5) is 0 Å². The van der Waals surface area contributed by atoms with Gasteiger partial charge in [0, 0.05) is 30.5 Å². The summed E-state index contributed by atoms with van der Waals surface area (Å²) in [6.07, 6.45) is 0.927. The lowest BCUT2D eigenvalue weighted by atomic mass is 10.1.